The molecule has 1 aromatic heterocycles. The van der Waals surface area contributed by atoms with Gasteiger partial charge in [0.15, 0.2) is 5.82 Å². The third-order valence-corrected chi connectivity index (χ3v) is 2.56. The Morgan fingerprint density at radius 1 is 1.29 bits per heavy atom. The second-order valence-corrected chi connectivity index (χ2v) is 4.10. The highest BCUT2D eigenvalue weighted by Crippen LogP contribution is 2.19. The van der Waals surface area contributed by atoms with E-state index in [4.69, 9.17) is 17.3 Å². The number of hydrogen-bond donors (Lipinski definition) is 1. The third kappa shape index (κ3) is 3.22. The molecular formula is C12H13ClN4. The number of halogens is 1. The zero-order valence-corrected chi connectivity index (χ0v) is 10.1. The van der Waals surface area contributed by atoms with Crippen LogP contribution in [0.2, 0.25) is 5.02 Å². The van der Waals surface area contributed by atoms with E-state index >= 15 is 0 Å². The Morgan fingerprint density at radius 2 is 2.18 bits per heavy atom. The number of aromatic nitrogens is 3. The van der Waals surface area contributed by atoms with Crippen molar-refractivity contribution in [3.63, 3.8) is 0 Å². The maximum absolute atomic E-state index is 5.94. The highest BCUT2D eigenvalue weighted by Gasteiger charge is 2.03. The lowest BCUT2D eigenvalue weighted by atomic mass is 10.1. The average molecular weight is 249 g/mol. The van der Waals surface area contributed by atoms with E-state index in [1.165, 1.54) is 0 Å². The van der Waals surface area contributed by atoms with Gasteiger partial charge >= 0.3 is 0 Å². The topological polar surface area (TPSA) is 64.7 Å². The number of aryl methyl sites for hydroxylation is 1. The van der Waals surface area contributed by atoms with Crippen LogP contribution in [-0.4, -0.2) is 21.7 Å². The summed E-state index contributed by atoms with van der Waals surface area (Å²) in [6.07, 6.45) is 3.25. The molecule has 0 bridgehead atoms. The van der Waals surface area contributed by atoms with E-state index in [-0.39, 0.29) is 0 Å². The molecule has 5 heteroatoms. The third-order valence-electron chi connectivity index (χ3n) is 2.33. The van der Waals surface area contributed by atoms with Gasteiger partial charge in [-0.3, -0.25) is 0 Å². The Labute approximate surface area is 105 Å². The predicted molar refractivity (Wildman–Crippen MR) is 67.6 cm³/mol. The van der Waals surface area contributed by atoms with Crippen molar-refractivity contribution in [2.75, 3.05) is 6.54 Å². The lowest BCUT2D eigenvalue weighted by Crippen LogP contribution is -2.04. The largest absolute Gasteiger partial charge is 0.330 e. The average Bonchev–Trinajstić information content (AvgIpc) is 2.37. The van der Waals surface area contributed by atoms with Gasteiger partial charge in [-0.05, 0) is 25.1 Å². The normalized spacial score (nSPS) is 10.5. The van der Waals surface area contributed by atoms with Crippen molar-refractivity contribution in [2.45, 2.75) is 12.8 Å². The molecule has 1 aromatic carbocycles. The molecule has 0 atom stereocenters. The van der Waals surface area contributed by atoms with E-state index < -0.39 is 0 Å². The smallest absolute Gasteiger partial charge is 0.151 e. The van der Waals surface area contributed by atoms with Crippen molar-refractivity contribution in [2.24, 2.45) is 5.73 Å². The zero-order chi connectivity index (χ0) is 12.1. The summed E-state index contributed by atoms with van der Waals surface area (Å²) in [6.45, 7) is 0.630. The Hall–Kier alpha value is -1.52. The first kappa shape index (κ1) is 12.0. The summed E-state index contributed by atoms with van der Waals surface area (Å²) in [4.78, 5) is 4.43. The molecule has 1 heterocycles. The van der Waals surface area contributed by atoms with Crippen LogP contribution in [-0.2, 0) is 6.42 Å². The fourth-order valence-electron chi connectivity index (χ4n) is 1.49. The van der Waals surface area contributed by atoms with Crippen LogP contribution in [0.5, 0.6) is 0 Å². The molecule has 88 valence electrons. The Morgan fingerprint density at radius 3 is 2.94 bits per heavy atom. The van der Waals surface area contributed by atoms with Gasteiger partial charge in [-0.2, -0.15) is 5.10 Å². The molecular weight excluding hydrogens is 236 g/mol. The van der Waals surface area contributed by atoms with Crippen molar-refractivity contribution >= 4 is 11.6 Å². The molecule has 0 saturated heterocycles. The minimum atomic E-state index is 0.630. The van der Waals surface area contributed by atoms with Gasteiger partial charge in [0.05, 0.1) is 11.9 Å². The van der Waals surface area contributed by atoms with Crippen LogP contribution in [0.3, 0.4) is 0 Å². The summed E-state index contributed by atoms with van der Waals surface area (Å²) in [7, 11) is 0. The van der Waals surface area contributed by atoms with Gasteiger partial charge < -0.3 is 5.73 Å². The maximum atomic E-state index is 5.94. The molecule has 0 spiro atoms. The van der Waals surface area contributed by atoms with Crippen LogP contribution in [0.4, 0.5) is 0 Å². The monoisotopic (exact) mass is 248 g/mol. The maximum Gasteiger partial charge on any atom is 0.151 e. The minimum Gasteiger partial charge on any atom is -0.330 e. The SMILES string of the molecule is NCCCc1nncc(-c2cccc(Cl)c2)n1. The van der Waals surface area contributed by atoms with E-state index in [0.717, 1.165) is 24.1 Å². The van der Waals surface area contributed by atoms with Gasteiger partial charge in [-0.25, -0.2) is 4.98 Å². The molecule has 2 rings (SSSR count). The Bertz CT molecular complexity index is 501. The molecule has 0 aliphatic rings. The summed E-state index contributed by atoms with van der Waals surface area (Å²) in [5.41, 5.74) is 7.18. The number of hydrogen-bond acceptors (Lipinski definition) is 4. The highest BCUT2D eigenvalue weighted by atomic mass is 35.5. The van der Waals surface area contributed by atoms with Crippen molar-refractivity contribution in [1.29, 1.82) is 0 Å². The Balaban J connectivity index is 2.26. The van der Waals surface area contributed by atoms with E-state index in [1.54, 1.807) is 6.20 Å². The highest BCUT2D eigenvalue weighted by molar-refractivity contribution is 6.30. The number of nitrogens with zero attached hydrogens (tertiary/aromatic N) is 3. The lowest BCUT2D eigenvalue weighted by molar-refractivity contribution is 0.753. The molecule has 0 aliphatic heterocycles. The fraction of sp³-hybridized carbons (Fsp3) is 0.250. The van der Waals surface area contributed by atoms with Crippen LogP contribution in [0.1, 0.15) is 12.2 Å². The van der Waals surface area contributed by atoms with Gasteiger partial charge in [0.25, 0.3) is 0 Å². The van der Waals surface area contributed by atoms with E-state index in [2.05, 4.69) is 15.2 Å². The number of benzene rings is 1. The van der Waals surface area contributed by atoms with Crippen LogP contribution < -0.4 is 5.73 Å². The fourth-order valence-corrected chi connectivity index (χ4v) is 1.68. The number of rotatable bonds is 4. The van der Waals surface area contributed by atoms with Gasteiger partial charge in [-0.15, -0.1) is 5.10 Å². The quantitative estimate of drug-likeness (QED) is 0.900. The summed E-state index contributed by atoms with van der Waals surface area (Å²) in [6, 6.07) is 7.52. The first-order valence-corrected chi connectivity index (χ1v) is 5.82. The molecule has 0 radical (unpaired) electrons. The second kappa shape index (κ2) is 5.70. The van der Waals surface area contributed by atoms with E-state index in [9.17, 15) is 0 Å². The Kier molecular flexibility index (Phi) is 4.01. The van der Waals surface area contributed by atoms with Crippen LogP contribution in [0.25, 0.3) is 11.3 Å². The van der Waals surface area contributed by atoms with Crippen molar-refractivity contribution in [3.05, 3.63) is 41.3 Å². The predicted octanol–water partition coefficient (Wildman–Crippen LogP) is 2.08. The van der Waals surface area contributed by atoms with Crippen LogP contribution >= 0.6 is 11.6 Å². The van der Waals surface area contributed by atoms with Crippen LogP contribution in [0.15, 0.2) is 30.5 Å². The minimum absolute atomic E-state index is 0.630. The van der Waals surface area contributed by atoms with Gasteiger partial charge in [0.2, 0.25) is 0 Å². The van der Waals surface area contributed by atoms with Gasteiger partial charge in [0.1, 0.15) is 0 Å². The van der Waals surface area contributed by atoms with E-state index in [0.29, 0.717) is 17.4 Å². The zero-order valence-electron chi connectivity index (χ0n) is 9.31. The standard InChI is InChI=1S/C12H13ClN4/c13-10-4-1-3-9(7-10)11-8-15-17-12(16-11)5-2-6-14/h1,3-4,7-8H,2,5-6,14H2. The van der Waals surface area contributed by atoms with Gasteiger partial charge in [0, 0.05) is 17.0 Å². The molecule has 17 heavy (non-hydrogen) atoms. The second-order valence-electron chi connectivity index (χ2n) is 3.66. The van der Waals surface area contributed by atoms with E-state index in [1.807, 2.05) is 24.3 Å². The molecule has 0 saturated carbocycles. The molecule has 4 nitrogen and oxygen atoms in total. The summed E-state index contributed by atoms with van der Waals surface area (Å²) < 4.78 is 0. The van der Waals surface area contributed by atoms with Crippen molar-refractivity contribution in [1.82, 2.24) is 15.2 Å². The summed E-state index contributed by atoms with van der Waals surface area (Å²) in [5, 5.41) is 8.61. The van der Waals surface area contributed by atoms with Crippen molar-refractivity contribution < 1.29 is 0 Å². The molecule has 0 aliphatic carbocycles. The first-order valence-electron chi connectivity index (χ1n) is 5.44. The molecule has 2 N–H and O–H groups in total. The molecule has 0 fully saturated rings. The first-order chi connectivity index (χ1) is 8.29. The number of nitrogens with two attached hydrogens (primary N) is 1. The van der Waals surface area contributed by atoms with Crippen LogP contribution in [0, 0.1) is 0 Å². The molecule has 0 unspecified atom stereocenters. The molecule has 0 amide bonds. The summed E-state index contributed by atoms with van der Waals surface area (Å²) in [5.74, 6) is 0.716. The van der Waals surface area contributed by atoms with Gasteiger partial charge in [-0.1, -0.05) is 23.7 Å². The summed E-state index contributed by atoms with van der Waals surface area (Å²) >= 11 is 5.94. The van der Waals surface area contributed by atoms with Crippen molar-refractivity contribution in [3.8, 4) is 11.3 Å². The molecule has 2 aromatic rings. The lowest BCUT2D eigenvalue weighted by Gasteiger charge is -2.02.